The van der Waals surface area contributed by atoms with E-state index in [-0.39, 0.29) is 12.9 Å². The Morgan fingerprint density at radius 3 is 2.85 bits per heavy atom. The van der Waals surface area contributed by atoms with Crippen LogP contribution in [0, 0.1) is 0 Å². The first kappa shape index (κ1) is 17.8. The molecule has 140 valence electrons. The highest BCUT2D eigenvalue weighted by Crippen LogP contribution is 2.36. The largest absolute Gasteiger partial charge is 0.491 e. The molecule has 1 aliphatic heterocycles. The average Bonchev–Trinajstić information content (AvgIpc) is 3.31. The second-order valence-electron chi connectivity index (χ2n) is 6.59. The minimum absolute atomic E-state index is 0.161. The van der Waals surface area contributed by atoms with Crippen molar-refractivity contribution in [1.29, 1.82) is 0 Å². The molecule has 0 saturated carbocycles. The van der Waals surface area contributed by atoms with Gasteiger partial charge in [-0.2, -0.15) is 0 Å². The van der Waals surface area contributed by atoms with Crippen LogP contribution in [0.5, 0.6) is 17.2 Å². The standard InChI is InChI=1S/C21H22N2O3S/c1-14(2)26-18-6-4-3-5-16(18)10-22-11-17-12-27-21(23-17)15-7-8-19-20(9-15)25-13-24-19/h3-9,12,14,22H,10-11,13H2,1-2H3. The summed E-state index contributed by atoms with van der Waals surface area (Å²) in [5, 5.41) is 6.52. The zero-order valence-electron chi connectivity index (χ0n) is 15.4. The van der Waals surface area contributed by atoms with Crippen molar-refractivity contribution >= 4 is 11.3 Å². The highest BCUT2D eigenvalue weighted by atomic mass is 32.1. The SMILES string of the molecule is CC(C)Oc1ccccc1CNCc1csc(-c2ccc3c(c2)OCO3)n1. The van der Waals surface area contributed by atoms with E-state index in [1.54, 1.807) is 11.3 Å². The Labute approximate surface area is 162 Å². The van der Waals surface area contributed by atoms with Crippen LogP contribution in [0.25, 0.3) is 10.6 Å². The van der Waals surface area contributed by atoms with Crippen molar-refractivity contribution in [3.63, 3.8) is 0 Å². The predicted molar refractivity (Wildman–Crippen MR) is 106 cm³/mol. The predicted octanol–water partition coefficient (Wildman–Crippen LogP) is 4.62. The second kappa shape index (κ2) is 7.98. The van der Waals surface area contributed by atoms with Gasteiger partial charge in [-0.05, 0) is 38.1 Å². The van der Waals surface area contributed by atoms with Gasteiger partial charge in [0.1, 0.15) is 10.8 Å². The Morgan fingerprint density at radius 2 is 1.96 bits per heavy atom. The number of thiazole rings is 1. The molecule has 0 radical (unpaired) electrons. The fourth-order valence-electron chi connectivity index (χ4n) is 2.89. The maximum atomic E-state index is 5.87. The van der Waals surface area contributed by atoms with E-state index in [1.165, 1.54) is 0 Å². The van der Waals surface area contributed by atoms with E-state index in [9.17, 15) is 0 Å². The molecule has 2 aromatic carbocycles. The van der Waals surface area contributed by atoms with Crippen LogP contribution >= 0.6 is 11.3 Å². The van der Waals surface area contributed by atoms with Crippen molar-refractivity contribution in [3.05, 3.63) is 59.1 Å². The van der Waals surface area contributed by atoms with Gasteiger partial charge in [-0.15, -0.1) is 11.3 Å². The van der Waals surface area contributed by atoms with Crippen LogP contribution in [-0.4, -0.2) is 17.9 Å². The van der Waals surface area contributed by atoms with Crippen LogP contribution in [0.2, 0.25) is 0 Å². The third-order valence-corrected chi connectivity index (χ3v) is 5.07. The van der Waals surface area contributed by atoms with Gasteiger partial charge in [-0.3, -0.25) is 0 Å². The summed E-state index contributed by atoms with van der Waals surface area (Å²) in [6.45, 7) is 5.80. The maximum Gasteiger partial charge on any atom is 0.231 e. The summed E-state index contributed by atoms with van der Waals surface area (Å²) in [5.41, 5.74) is 3.22. The first-order chi connectivity index (χ1) is 13.2. The lowest BCUT2D eigenvalue weighted by molar-refractivity contribution is 0.174. The van der Waals surface area contributed by atoms with Gasteiger partial charge in [0.2, 0.25) is 6.79 Å². The van der Waals surface area contributed by atoms with Crippen molar-refractivity contribution in [2.45, 2.75) is 33.0 Å². The molecule has 0 unspecified atom stereocenters. The molecule has 4 rings (SSSR count). The fourth-order valence-corrected chi connectivity index (χ4v) is 3.71. The Bertz CT molecular complexity index is 923. The molecule has 0 atom stereocenters. The number of ether oxygens (including phenoxy) is 3. The minimum Gasteiger partial charge on any atom is -0.491 e. The normalized spacial score (nSPS) is 12.6. The van der Waals surface area contributed by atoms with E-state index >= 15 is 0 Å². The Morgan fingerprint density at radius 1 is 1.11 bits per heavy atom. The molecule has 1 aliphatic rings. The molecular weight excluding hydrogens is 360 g/mol. The van der Waals surface area contributed by atoms with Gasteiger partial charge in [-0.1, -0.05) is 18.2 Å². The Kier molecular flexibility index (Phi) is 5.27. The second-order valence-corrected chi connectivity index (χ2v) is 7.45. The van der Waals surface area contributed by atoms with E-state index in [4.69, 9.17) is 19.2 Å². The van der Waals surface area contributed by atoms with E-state index in [0.29, 0.717) is 6.54 Å². The molecule has 6 heteroatoms. The zero-order valence-corrected chi connectivity index (χ0v) is 16.2. The van der Waals surface area contributed by atoms with Crippen LogP contribution in [0.3, 0.4) is 0 Å². The lowest BCUT2D eigenvalue weighted by Crippen LogP contribution is -2.15. The Balaban J connectivity index is 1.38. The number of aromatic nitrogens is 1. The van der Waals surface area contributed by atoms with Gasteiger partial charge in [0.05, 0.1) is 11.8 Å². The van der Waals surface area contributed by atoms with Crippen LogP contribution < -0.4 is 19.5 Å². The molecule has 1 aromatic heterocycles. The molecule has 5 nitrogen and oxygen atoms in total. The summed E-state index contributed by atoms with van der Waals surface area (Å²) in [6, 6.07) is 14.1. The lowest BCUT2D eigenvalue weighted by atomic mass is 10.2. The number of nitrogens with zero attached hydrogens (tertiary/aromatic N) is 1. The third-order valence-electron chi connectivity index (χ3n) is 4.13. The smallest absolute Gasteiger partial charge is 0.231 e. The van der Waals surface area contributed by atoms with Crippen molar-refractivity contribution in [3.8, 4) is 27.8 Å². The van der Waals surface area contributed by atoms with Crippen LogP contribution in [0.15, 0.2) is 47.8 Å². The number of hydrogen-bond donors (Lipinski definition) is 1. The van der Waals surface area contributed by atoms with E-state index < -0.39 is 0 Å². The van der Waals surface area contributed by atoms with E-state index in [2.05, 4.69) is 16.8 Å². The quantitative estimate of drug-likeness (QED) is 0.646. The third kappa shape index (κ3) is 4.23. The molecule has 0 fully saturated rings. The van der Waals surface area contributed by atoms with Crippen LogP contribution in [-0.2, 0) is 13.1 Å². The summed E-state index contributed by atoms with van der Waals surface area (Å²) >= 11 is 1.63. The minimum atomic E-state index is 0.161. The zero-order chi connectivity index (χ0) is 18.6. The number of fused-ring (bicyclic) bond motifs is 1. The van der Waals surface area contributed by atoms with Crippen molar-refractivity contribution in [2.75, 3.05) is 6.79 Å². The van der Waals surface area contributed by atoms with E-state index in [1.807, 2.05) is 50.2 Å². The van der Waals surface area contributed by atoms with Crippen LogP contribution in [0.4, 0.5) is 0 Å². The highest BCUT2D eigenvalue weighted by molar-refractivity contribution is 7.13. The van der Waals surface area contributed by atoms with Gasteiger partial charge in [0, 0.05) is 29.6 Å². The molecule has 0 aliphatic carbocycles. The van der Waals surface area contributed by atoms with Crippen molar-refractivity contribution < 1.29 is 14.2 Å². The maximum absolute atomic E-state index is 5.87. The Hall–Kier alpha value is -2.57. The topological polar surface area (TPSA) is 52.6 Å². The van der Waals surface area contributed by atoms with Gasteiger partial charge in [0.25, 0.3) is 0 Å². The summed E-state index contributed by atoms with van der Waals surface area (Å²) in [6.07, 6.45) is 0.161. The van der Waals surface area contributed by atoms with Crippen molar-refractivity contribution in [1.82, 2.24) is 10.3 Å². The summed E-state index contributed by atoms with van der Waals surface area (Å²) < 4.78 is 16.7. The number of benzene rings is 2. The molecule has 1 N–H and O–H groups in total. The molecule has 2 heterocycles. The number of para-hydroxylation sites is 1. The lowest BCUT2D eigenvalue weighted by Gasteiger charge is -2.14. The molecule has 27 heavy (non-hydrogen) atoms. The van der Waals surface area contributed by atoms with Gasteiger partial charge in [-0.25, -0.2) is 4.98 Å². The first-order valence-corrected chi connectivity index (χ1v) is 9.87. The first-order valence-electron chi connectivity index (χ1n) is 8.99. The molecule has 0 bridgehead atoms. The molecule has 3 aromatic rings. The molecule has 0 spiro atoms. The number of nitrogens with one attached hydrogen (secondary N) is 1. The van der Waals surface area contributed by atoms with Crippen LogP contribution in [0.1, 0.15) is 25.1 Å². The van der Waals surface area contributed by atoms with Gasteiger partial charge in [0.15, 0.2) is 11.5 Å². The molecule has 0 amide bonds. The molecule has 0 saturated heterocycles. The number of rotatable bonds is 7. The van der Waals surface area contributed by atoms with Gasteiger partial charge >= 0.3 is 0 Å². The monoisotopic (exact) mass is 382 g/mol. The highest BCUT2D eigenvalue weighted by Gasteiger charge is 2.15. The van der Waals surface area contributed by atoms with E-state index in [0.717, 1.165) is 45.6 Å². The fraction of sp³-hybridized carbons (Fsp3) is 0.286. The van der Waals surface area contributed by atoms with Crippen molar-refractivity contribution in [2.24, 2.45) is 0 Å². The molecular formula is C21H22N2O3S. The number of hydrogen-bond acceptors (Lipinski definition) is 6. The summed E-state index contributed by atoms with van der Waals surface area (Å²) in [5.74, 6) is 2.50. The summed E-state index contributed by atoms with van der Waals surface area (Å²) in [7, 11) is 0. The van der Waals surface area contributed by atoms with Gasteiger partial charge < -0.3 is 19.5 Å². The average molecular weight is 382 g/mol. The summed E-state index contributed by atoms with van der Waals surface area (Å²) in [4.78, 5) is 4.74.